The lowest BCUT2D eigenvalue weighted by Crippen LogP contribution is -2.24. The fourth-order valence-electron chi connectivity index (χ4n) is 0.981. The van der Waals surface area contributed by atoms with Crippen LogP contribution in [0.1, 0.15) is 11.9 Å². The van der Waals surface area contributed by atoms with E-state index in [1.165, 1.54) is 0 Å². The molecule has 0 unspecified atom stereocenters. The van der Waals surface area contributed by atoms with Gasteiger partial charge in [-0.15, -0.1) is 0 Å². The minimum absolute atomic E-state index is 0.468. The summed E-state index contributed by atoms with van der Waals surface area (Å²) in [6, 6.07) is 8.36. The molecule has 0 heterocycles. The minimum atomic E-state index is -1.21. The second-order valence-corrected chi connectivity index (χ2v) is 2.62. The molecule has 0 atom stereocenters. The second-order valence-electron chi connectivity index (χ2n) is 2.62. The first-order valence-corrected chi connectivity index (χ1v) is 4.06. The van der Waals surface area contributed by atoms with Crippen LogP contribution in [0.25, 0.3) is 0 Å². The highest BCUT2D eigenvalue weighted by Crippen LogP contribution is 2.18. The minimum Gasteiger partial charge on any atom is -0.405 e. The molecule has 0 radical (unpaired) electrons. The van der Waals surface area contributed by atoms with E-state index in [1.54, 1.807) is 30.3 Å². The average Bonchev–Trinajstić information content (AvgIpc) is 2.17. The first kappa shape index (κ1) is 10.8. The quantitative estimate of drug-likeness (QED) is 0.722. The molecule has 0 saturated heterocycles. The Hall–Kier alpha value is -2.24. The maximum Gasteiger partial charge on any atom is 0.407 e. The third kappa shape index (κ3) is 3.55. The van der Waals surface area contributed by atoms with Crippen LogP contribution in [0, 0.1) is 0 Å². The highest BCUT2D eigenvalue weighted by molar-refractivity contribution is 5.67. The van der Waals surface area contributed by atoms with Crippen molar-refractivity contribution in [3.63, 3.8) is 0 Å². The number of rotatable bonds is 3. The smallest absolute Gasteiger partial charge is 0.405 e. The fraction of sp³-hybridized carbons (Fsp3) is 0.111. The summed E-state index contributed by atoms with van der Waals surface area (Å²) in [5.41, 5.74) is 10.1. The molecule has 0 bridgehead atoms. The number of primary amides is 2. The van der Waals surface area contributed by atoms with Gasteiger partial charge < -0.3 is 20.9 Å². The zero-order chi connectivity index (χ0) is 11.3. The van der Waals surface area contributed by atoms with Crippen LogP contribution in [-0.2, 0) is 9.47 Å². The van der Waals surface area contributed by atoms with E-state index in [-0.39, 0.29) is 0 Å². The zero-order valence-electron chi connectivity index (χ0n) is 7.75. The summed E-state index contributed by atoms with van der Waals surface area (Å²) in [5.74, 6) is 0. The van der Waals surface area contributed by atoms with Crippen LogP contribution in [0.5, 0.6) is 0 Å². The van der Waals surface area contributed by atoms with E-state index >= 15 is 0 Å². The van der Waals surface area contributed by atoms with Gasteiger partial charge in [0.25, 0.3) is 6.29 Å². The predicted molar refractivity (Wildman–Crippen MR) is 50.5 cm³/mol. The first-order chi connectivity index (χ1) is 7.09. The molecule has 15 heavy (non-hydrogen) atoms. The number of nitrogens with two attached hydrogens (primary N) is 2. The highest BCUT2D eigenvalue weighted by Gasteiger charge is 2.17. The fourth-order valence-corrected chi connectivity index (χ4v) is 0.981. The van der Waals surface area contributed by atoms with Crippen molar-refractivity contribution in [2.75, 3.05) is 0 Å². The number of carbonyl (C=O) groups excluding carboxylic acids is 2. The Bertz CT molecular complexity index is 336. The summed E-state index contributed by atoms with van der Waals surface area (Å²) in [5, 5.41) is 0. The zero-order valence-corrected chi connectivity index (χ0v) is 7.75. The Labute approximate surface area is 85.8 Å². The summed E-state index contributed by atoms with van der Waals surface area (Å²) in [6.07, 6.45) is -3.31. The lowest BCUT2D eigenvalue weighted by molar-refractivity contribution is -0.0578. The summed E-state index contributed by atoms with van der Waals surface area (Å²) in [4.78, 5) is 21.1. The maximum atomic E-state index is 10.5. The largest absolute Gasteiger partial charge is 0.407 e. The molecule has 0 aliphatic rings. The van der Waals surface area contributed by atoms with Crippen LogP contribution in [-0.4, -0.2) is 12.2 Å². The molecule has 2 amide bonds. The molecule has 0 aromatic heterocycles. The topological polar surface area (TPSA) is 105 Å². The molecule has 0 saturated carbocycles. The Morgan fingerprint density at radius 3 is 1.87 bits per heavy atom. The number of benzene rings is 1. The van der Waals surface area contributed by atoms with Crippen molar-refractivity contribution < 1.29 is 19.1 Å². The lowest BCUT2D eigenvalue weighted by atomic mass is 10.2. The van der Waals surface area contributed by atoms with E-state index in [1.807, 2.05) is 0 Å². The third-order valence-electron chi connectivity index (χ3n) is 1.52. The van der Waals surface area contributed by atoms with Crippen molar-refractivity contribution in [3.8, 4) is 0 Å². The molecule has 4 N–H and O–H groups in total. The molecule has 6 heteroatoms. The van der Waals surface area contributed by atoms with Gasteiger partial charge in [0.1, 0.15) is 0 Å². The van der Waals surface area contributed by atoms with Crippen molar-refractivity contribution in [2.24, 2.45) is 11.5 Å². The average molecular weight is 210 g/mol. The van der Waals surface area contributed by atoms with Crippen molar-refractivity contribution in [2.45, 2.75) is 6.29 Å². The molecule has 1 aromatic rings. The number of carbonyl (C=O) groups is 2. The first-order valence-electron chi connectivity index (χ1n) is 4.06. The van der Waals surface area contributed by atoms with E-state index < -0.39 is 18.5 Å². The molecule has 0 spiro atoms. The van der Waals surface area contributed by atoms with E-state index in [9.17, 15) is 9.59 Å². The molecule has 1 rings (SSSR count). The Kier molecular flexibility index (Phi) is 3.50. The summed E-state index contributed by atoms with van der Waals surface area (Å²) >= 11 is 0. The Morgan fingerprint density at radius 1 is 1.00 bits per heavy atom. The van der Waals surface area contributed by atoms with Gasteiger partial charge in [-0.3, -0.25) is 0 Å². The van der Waals surface area contributed by atoms with Crippen LogP contribution in [0.15, 0.2) is 30.3 Å². The predicted octanol–water partition coefficient (Wildman–Crippen LogP) is 0.876. The molecule has 0 fully saturated rings. The van der Waals surface area contributed by atoms with Gasteiger partial charge in [0.2, 0.25) is 0 Å². The summed E-state index contributed by atoms with van der Waals surface area (Å²) in [7, 11) is 0. The van der Waals surface area contributed by atoms with Gasteiger partial charge in [0.05, 0.1) is 0 Å². The van der Waals surface area contributed by atoms with Gasteiger partial charge in [-0.1, -0.05) is 30.3 Å². The number of hydrogen-bond acceptors (Lipinski definition) is 4. The molecule has 80 valence electrons. The maximum absolute atomic E-state index is 10.5. The summed E-state index contributed by atoms with van der Waals surface area (Å²) < 4.78 is 9.13. The molecule has 0 aliphatic carbocycles. The van der Waals surface area contributed by atoms with Gasteiger partial charge in [-0.05, 0) is 0 Å². The molecule has 1 aromatic carbocycles. The van der Waals surface area contributed by atoms with Crippen LogP contribution >= 0.6 is 0 Å². The van der Waals surface area contributed by atoms with Gasteiger partial charge in [0, 0.05) is 5.56 Å². The second kappa shape index (κ2) is 4.85. The van der Waals surface area contributed by atoms with E-state index in [0.717, 1.165) is 0 Å². The van der Waals surface area contributed by atoms with Crippen LogP contribution < -0.4 is 11.5 Å². The van der Waals surface area contributed by atoms with Gasteiger partial charge >= 0.3 is 12.2 Å². The third-order valence-corrected chi connectivity index (χ3v) is 1.52. The molecule has 6 nitrogen and oxygen atoms in total. The van der Waals surface area contributed by atoms with Gasteiger partial charge in [0.15, 0.2) is 0 Å². The van der Waals surface area contributed by atoms with Crippen LogP contribution in [0.3, 0.4) is 0 Å². The van der Waals surface area contributed by atoms with E-state index in [4.69, 9.17) is 11.5 Å². The SMILES string of the molecule is NC(=O)OC(OC(N)=O)c1ccccc1. The monoisotopic (exact) mass is 210 g/mol. The molecular formula is C9H10N2O4. The van der Waals surface area contributed by atoms with Crippen molar-refractivity contribution >= 4 is 12.2 Å². The van der Waals surface area contributed by atoms with Crippen LogP contribution in [0.4, 0.5) is 9.59 Å². The lowest BCUT2D eigenvalue weighted by Gasteiger charge is -2.15. The van der Waals surface area contributed by atoms with E-state index in [0.29, 0.717) is 5.56 Å². The van der Waals surface area contributed by atoms with Crippen molar-refractivity contribution in [1.82, 2.24) is 0 Å². The number of hydrogen-bond donors (Lipinski definition) is 2. The molecule has 0 aliphatic heterocycles. The number of amides is 2. The Balaban J connectivity index is 2.81. The normalized spacial score (nSPS) is 9.67. The van der Waals surface area contributed by atoms with Crippen LogP contribution in [0.2, 0.25) is 0 Å². The van der Waals surface area contributed by atoms with E-state index in [2.05, 4.69) is 9.47 Å². The Morgan fingerprint density at radius 2 is 1.47 bits per heavy atom. The van der Waals surface area contributed by atoms with Crippen molar-refractivity contribution in [3.05, 3.63) is 35.9 Å². The molecular weight excluding hydrogens is 200 g/mol. The number of ether oxygens (including phenoxy) is 2. The standard InChI is InChI=1S/C9H10N2O4/c10-8(12)14-7(15-9(11)13)6-4-2-1-3-5-6/h1-5,7H,(H2,10,12)(H2,11,13). The summed E-state index contributed by atoms with van der Waals surface area (Å²) in [6.45, 7) is 0. The highest BCUT2D eigenvalue weighted by atomic mass is 16.7. The van der Waals surface area contributed by atoms with Gasteiger partial charge in [-0.25, -0.2) is 9.59 Å². The van der Waals surface area contributed by atoms with Crippen molar-refractivity contribution in [1.29, 1.82) is 0 Å². The van der Waals surface area contributed by atoms with Gasteiger partial charge in [-0.2, -0.15) is 0 Å².